The summed E-state index contributed by atoms with van der Waals surface area (Å²) in [5.41, 5.74) is 0.630. The average molecular weight is 225 g/mol. The van der Waals surface area contributed by atoms with Crippen molar-refractivity contribution in [3.05, 3.63) is 12.2 Å². The molecule has 1 rings (SSSR count). The van der Waals surface area contributed by atoms with E-state index in [4.69, 9.17) is 4.43 Å². The molecule has 0 saturated carbocycles. The van der Waals surface area contributed by atoms with Gasteiger partial charge in [0.1, 0.15) is 0 Å². The van der Waals surface area contributed by atoms with Gasteiger partial charge in [-0.05, 0) is 25.6 Å². The van der Waals surface area contributed by atoms with Crippen molar-refractivity contribution in [2.75, 3.05) is 6.54 Å². The summed E-state index contributed by atoms with van der Waals surface area (Å²) in [4.78, 5) is 4.45. The van der Waals surface area contributed by atoms with E-state index in [0.717, 1.165) is 18.9 Å². The maximum absolute atomic E-state index is 5.97. The predicted octanol–water partition coefficient (Wildman–Crippen LogP) is 3.76. The highest BCUT2D eigenvalue weighted by Crippen LogP contribution is 2.26. The average Bonchev–Trinajstić information content (AvgIpc) is 2.18. The number of aliphatic imine (C=N–C) groups is 1. The van der Waals surface area contributed by atoms with E-state index in [1.54, 1.807) is 0 Å². The molecule has 1 unspecified atom stereocenters. The Morgan fingerprint density at radius 1 is 1.53 bits per heavy atom. The van der Waals surface area contributed by atoms with E-state index >= 15 is 0 Å². The molecule has 0 aromatic heterocycles. The Labute approximate surface area is 94.6 Å². The molecule has 15 heavy (non-hydrogen) atoms. The number of hydrogen-bond donors (Lipinski definition) is 0. The third kappa shape index (κ3) is 3.82. The molecule has 0 N–H and O–H groups in total. The standard InChI is InChI=1S/C12H23NOSi/c1-5-6-7-8-9-12-13-10-11(2)15(3,4)14-12/h8-9,11H,5-7,10H2,1-4H3/b9-8+. The van der Waals surface area contributed by atoms with E-state index < -0.39 is 8.32 Å². The van der Waals surface area contributed by atoms with Crippen LogP contribution in [0, 0.1) is 0 Å². The molecule has 0 spiro atoms. The molecule has 0 fully saturated rings. The van der Waals surface area contributed by atoms with Crippen LogP contribution in [0.3, 0.4) is 0 Å². The first-order valence-corrected chi connectivity index (χ1v) is 8.95. The van der Waals surface area contributed by atoms with Gasteiger partial charge in [0, 0.05) is 12.1 Å². The maximum atomic E-state index is 5.97. The van der Waals surface area contributed by atoms with Gasteiger partial charge in [-0.3, -0.25) is 4.99 Å². The molecular weight excluding hydrogens is 202 g/mol. The molecule has 0 aromatic rings. The molecule has 1 atom stereocenters. The number of unbranched alkanes of at least 4 members (excludes halogenated alkanes) is 2. The van der Waals surface area contributed by atoms with Crippen molar-refractivity contribution in [2.45, 2.75) is 51.7 Å². The lowest BCUT2D eigenvalue weighted by atomic mass is 10.2. The van der Waals surface area contributed by atoms with Crippen LogP contribution in [-0.2, 0) is 4.43 Å². The third-order valence-corrected chi connectivity index (χ3v) is 6.35. The van der Waals surface area contributed by atoms with Gasteiger partial charge < -0.3 is 4.43 Å². The molecule has 0 amide bonds. The summed E-state index contributed by atoms with van der Waals surface area (Å²) in [5, 5.41) is 0. The van der Waals surface area contributed by atoms with Crippen LogP contribution >= 0.6 is 0 Å². The minimum absolute atomic E-state index is 0.630. The van der Waals surface area contributed by atoms with Crippen molar-refractivity contribution in [1.29, 1.82) is 0 Å². The Kier molecular flexibility index (Phi) is 4.58. The van der Waals surface area contributed by atoms with Crippen LogP contribution in [0.15, 0.2) is 17.1 Å². The lowest BCUT2D eigenvalue weighted by Gasteiger charge is -2.33. The molecular formula is C12H23NOSi. The van der Waals surface area contributed by atoms with Crippen LogP contribution < -0.4 is 0 Å². The molecule has 0 aromatic carbocycles. The van der Waals surface area contributed by atoms with E-state index in [0.29, 0.717) is 5.54 Å². The number of hydrogen-bond acceptors (Lipinski definition) is 2. The van der Waals surface area contributed by atoms with Crippen molar-refractivity contribution in [3.8, 4) is 0 Å². The van der Waals surface area contributed by atoms with Crippen molar-refractivity contribution < 1.29 is 4.43 Å². The predicted molar refractivity (Wildman–Crippen MR) is 69.0 cm³/mol. The monoisotopic (exact) mass is 225 g/mol. The van der Waals surface area contributed by atoms with Gasteiger partial charge in [0.05, 0.1) is 0 Å². The summed E-state index contributed by atoms with van der Waals surface area (Å²) in [6.07, 6.45) is 7.87. The van der Waals surface area contributed by atoms with Crippen molar-refractivity contribution in [3.63, 3.8) is 0 Å². The van der Waals surface area contributed by atoms with Crippen LogP contribution in [0.4, 0.5) is 0 Å². The van der Waals surface area contributed by atoms with Gasteiger partial charge in [0.25, 0.3) is 8.32 Å². The molecule has 1 aliphatic rings. The zero-order valence-electron chi connectivity index (χ0n) is 10.4. The molecule has 0 radical (unpaired) electrons. The first-order valence-electron chi connectivity index (χ1n) is 5.96. The minimum Gasteiger partial charge on any atom is -0.531 e. The highest BCUT2D eigenvalue weighted by Gasteiger charge is 2.35. The Balaban J connectivity index is 2.47. The van der Waals surface area contributed by atoms with Gasteiger partial charge in [-0.25, -0.2) is 0 Å². The van der Waals surface area contributed by atoms with Gasteiger partial charge >= 0.3 is 0 Å². The molecule has 3 heteroatoms. The first-order chi connectivity index (χ1) is 7.06. The minimum atomic E-state index is -1.51. The van der Waals surface area contributed by atoms with Gasteiger partial charge in [0.2, 0.25) is 0 Å². The zero-order chi connectivity index (χ0) is 11.3. The van der Waals surface area contributed by atoms with Gasteiger partial charge in [-0.1, -0.05) is 32.8 Å². The molecule has 0 aliphatic carbocycles. The Bertz CT molecular complexity index is 258. The number of allylic oxidation sites excluding steroid dienone is 1. The summed E-state index contributed by atoms with van der Waals surface area (Å²) >= 11 is 0. The summed E-state index contributed by atoms with van der Waals surface area (Å²) in [7, 11) is -1.51. The van der Waals surface area contributed by atoms with Crippen molar-refractivity contribution >= 4 is 14.2 Å². The van der Waals surface area contributed by atoms with E-state index in [2.05, 4.69) is 44.1 Å². The van der Waals surface area contributed by atoms with Crippen LogP contribution in [0.1, 0.15) is 33.1 Å². The molecule has 0 bridgehead atoms. The molecule has 1 aliphatic heterocycles. The number of nitrogens with zero attached hydrogens (tertiary/aromatic N) is 1. The largest absolute Gasteiger partial charge is 0.531 e. The lowest BCUT2D eigenvalue weighted by molar-refractivity contribution is 0.500. The second kappa shape index (κ2) is 5.49. The SMILES string of the molecule is CCCC/C=C/C1=NCC(C)[Si](C)(C)O1. The summed E-state index contributed by atoms with van der Waals surface area (Å²) in [6.45, 7) is 9.93. The van der Waals surface area contributed by atoms with Crippen LogP contribution in [0.5, 0.6) is 0 Å². The fourth-order valence-electron chi connectivity index (χ4n) is 1.44. The topological polar surface area (TPSA) is 21.6 Å². The second-order valence-electron chi connectivity index (χ2n) is 4.83. The Morgan fingerprint density at radius 2 is 2.27 bits per heavy atom. The van der Waals surface area contributed by atoms with Crippen LogP contribution in [0.25, 0.3) is 0 Å². The van der Waals surface area contributed by atoms with E-state index in [9.17, 15) is 0 Å². The molecule has 0 saturated heterocycles. The maximum Gasteiger partial charge on any atom is 0.251 e. The smallest absolute Gasteiger partial charge is 0.251 e. The zero-order valence-corrected chi connectivity index (χ0v) is 11.4. The molecule has 86 valence electrons. The third-order valence-electron chi connectivity index (χ3n) is 3.06. The van der Waals surface area contributed by atoms with Crippen molar-refractivity contribution in [2.24, 2.45) is 4.99 Å². The number of rotatable bonds is 4. The van der Waals surface area contributed by atoms with Crippen LogP contribution in [0.2, 0.25) is 18.6 Å². The normalized spacial score (nSPS) is 25.1. The summed E-state index contributed by atoms with van der Waals surface area (Å²) in [6, 6.07) is 0. The fraction of sp³-hybridized carbons (Fsp3) is 0.750. The molecule has 1 heterocycles. The Morgan fingerprint density at radius 3 is 2.87 bits per heavy atom. The lowest BCUT2D eigenvalue weighted by Crippen LogP contribution is -2.41. The molecule has 2 nitrogen and oxygen atoms in total. The van der Waals surface area contributed by atoms with E-state index in [-0.39, 0.29) is 0 Å². The van der Waals surface area contributed by atoms with Gasteiger partial charge in [0.15, 0.2) is 5.90 Å². The van der Waals surface area contributed by atoms with E-state index in [1.807, 2.05) is 0 Å². The highest BCUT2D eigenvalue weighted by atomic mass is 28.4. The quantitative estimate of drug-likeness (QED) is 0.527. The first kappa shape index (κ1) is 12.5. The summed E-state index contributed by atoms with van der Waals surface area (Å²) in [5.74, 6) is 0.862. The fourth-order valence-corrected chi connectivity index (χ4v) is 2.85. The van der Waals surface area contributed by atoms with Gasteiger partial charge in [-0.15, -0.1) is 0 Å². The second-order valence-corrected chi connectivity index (χ2v) is 9.23. The Hall–Kier alpha value is -0.573. The van der Waals surface area contributed by atoms with Crippen LogP contribution in [-0.4, -0.2) is 20.8 Å². The summed E-state index contributed by atoms with van der Waals surface area (Å²) < 4.78 is 5.97. The van der Waals surface area contributed by atoms with Crippen molar-refractivity contribution in [1.82, 2.24) is 0 Å². The van der Waals surface area contributed by atoms with E-state index in [1.165, 1.54) is 12.8 Å². The highest BCUT2D eigenvalue weighted by molar-refractivity contribution is 6.74. The van der Waals surface area contributed by atoms with Gasteiger partial charge in [-0.2, -0.15) is 0 Å².